The second-order valence-electron chi connectivity index (χ2n) is 12.3. The van der Waals surface area contributed by atoms with E-state index in [9.17, 15) is 0 Å². The lowest BCUT2D eigenvalue weighted by Gasteiger charge is -2.18. The van der Waals surface area contributed by atoms with Crippen LogP contribution in [0.5, 0.6) is 0 Å². The maximum absolute atomic E-state index is 5.20. The first kappa shape index (κ1) is 30.8. The van der Waals surface area contributed by atoms with Crippen LogP contribution in [0.25, 0.3) is 72.7 Å². The molecule has 0 aliphatic rings. The van der Waals surface area contributed by atoms with Crippen molar-refractivity contribution in [3.8, 4) is 44.8 Å². The van der Waals surface area contributed by atoms with Crippen molar-refractivity contribution in [2.75, 3.05) is 19.0 Å². The first-order valence-corrected chi connectivity index (χ1v) is 16.4. The van der Waals surface area contributed by atoms with E-state index in [2.05, 4.69) is 164 Å². The average molecular weight is 623 g/mol. The molecule has 0 bridgehead atoms. The lowest BCUT2D eigenvalue weighted by Crippen LogP contribution is -2.11. The first-order valence-electron chi connectivity index (χ1n) is 16.4. The second-order valence-corrected chi connectivity index (χ2v) is 12.3. The standard InChI is InChI=1S/C44H38N4/c1-6-11-32-21-20-31-23-25-40(47-43(31)44(32)48(4)5)38-17-10-15-36(28-38)34-13-8-12-33(26-34)35-14-9-16-37(27-35)39-24-22-30-19-18-29(3)41(45-7-2)42(30)46-39/h6-28H,1-5H3/b11-6-,45-7-. The first-order chi connectivity index (χ1) is 23.4. The largest absolute Gasteiger partial charge is 0.375 e. The minimum Gasteiger partial charge on any atom is -0.375 e. The van der Waals surface area contributed by atoms with Gasteiger partial charge in [-0.1, -0.05) is 103 Å². The van der Waals surface area contributed by atoms with Gasteiger partial charge in [0, 0.05) is 42.2 Å². The number of rotatable bonds is 7. The highest BCUT2D eigenvalue weighted by Gasteiger charge is 2.13. The fourth-order valence-corrected chi connectivity index (χ4v) is 6.46. The molecule has 0 spiro atoms. The molecule has 0 amide bonds. The van der Waals surface area contributed by atoms with Crippen molar-refractivity contribution in [2.24, 2.45) is 4.99 Å². The van der Waals surface area contributed by atoms with E-state index in [1.807, 2.05) is 20.1 Å². The van der Waals surface area contributed by atoms with Gasteiger partial charge in [0.05, 0.1) is 33.8 Å². The topological polar surface area (TPSA) is 41.4 Å². The Labute approximate surface area is 282 Å². The molecule has 48 heavy (non-hydrogen) atoms. The molecule has 0 atom stereocenters. The van der Waals surface area contributed by atoms with E-state index in [0.717, 1.165) is 89.1 Å². The summed E-state index contributed by atoms with van der Waals surface area (Å²) in [6.07, 6.45) is 6.05. The number of hydrogen-bond donors (Lipinski definition) is 0. The monoisotopic (exact) mass is 622 g/mol. The number of aromatic nitrogens is 2. The number of benzene rings is 5. The number of aliphatic imine (C=N–C) groups is 1. The van der Waals surface area contributed by atoms with Crippen LogP contribution < -0.4 is 4.90 Å². The molecular formula is C44H38N4. The van der Waals surface area contributed by atoms with E-state index in [1.54, 1.807) is 0 Å². The summed E-state index contributed by atoms with van der Waals surface area (Å²) in [6, 6.07) is 43.1. The summed E-state index contributed by atoms with van der Waals surface area (Å²) in [5, 5.41) is 2.22. The Balaban J connectivity index is 1.24. The zero-order chi connectivity index (χ0) is 33.2. The molecule has 0 N–H and O–H groups in total. The van der Waals surface area contributed by atoms with Crippen LogP contribution in [0.1, 0.15) is 25.0 Å². The fraction of sp³-hybridized carbons (Fsp3) is 0.114. The van der Waals surface area contributed by atoms with Crippen molar-refractivity contribution in [2.45, 2.75) is 20.8 Å². The van der Waals surface area contributed by atoms with E-state index in [-0.39, 0.29) is 0 Å². The SMILES string of the molecule is C/C=C\c1ccc2ccc(-c3cccc(-c4cccc(-c5cccc(-c6ccc7ccc(C)c(/N=C\C)c7n6)c5)c4)c3)nc2c1N(C)C. The molecule has 4 heteroatoms. The van der Waals surface area contributed by atoms with Crippen molar-refractivity contribution in [1.29, 1.82) is 0 Å². The van der Waals surface area contributed by atoms with Crippen LogP contribution in [0.15, 0.2) is 132 Å². The van der Waals surface area contributed by atoms with E-state index in [4.69, 9.17) is 9.97 Å². The Morgan fingerprint density at radius 3 is 1.58 bits per heavy atom. The number of hydrogen-bond acceptors (Lipinski definition) is 4. The predicted molar refractivity (Wildman–Crippen MR) is 206 cm³/mol. The highest BCUT2D eigenvalue weighted by Crippen LogP contribution is 2.35. The zero-order valence-corrected chi connectivity index (χ0v) is 28.1. The lowest BCUT2D eigenvalue weighted by molar-refractivity contribution is 1.13. The van der Waals surface area contributed by atoms with Crippen LogP contribution in [-0.2, 0) is 0 Å². The van der Waals surface area contributed by atoms with Crippen molar-refractivity contribution in [3.63, 3.8) is 0 Å². The predicted octanol–water partition coefficient (Wildman–Crippen LogP) is 11.6. The van der Waals surface area contributed by atoms with E-state index >= 15 is 0 Å². The Morgan fingerprint density at radius 1 is 0.562 bits per heavy atom. The number of allylic oxidation sites excluding steroid dienone is 1. The molecule has 4 nitrogen and oxygen atoms in total. The van der Waals surface area contributed by atoms with Gasteiger partial charge < -0.3 is 4.90 Å². The van der Waals surface area contributed by atoms with E-state index in [0.29, 0.717) is 0 Å². The van der Waals surface area contributed by atoms with Crippen LogP contribution in [0.3, 0.4) is 0 Å². The Bertz CT molecular complexity index is 2360. The summed E-state index contributed by atoms with van der Waals surface area (Å²) < 4.78 is 0. The Hall–Kier alpha value is -5.87. The Kier molecular flexibility index (Phi) is 8.39. The van der Waals surface area contributed by atoms with Crippen LogP contribution in [0.4, 0.5) is 11.4 Å². The molecule has 0 unspecified atom stereocenters. The van der Waals surface area contributed by atoms with Gasteiger partial charge in [-0.05, 0) is 84.5 Å². The van der Waals surface area contributed by atoms with Crippen LogP contribution in [0, 0.1) is 6.92 Å². The third-order valence-electron chi connectivity index (χ3n) is 8.80. The maximum Gasteiger partial charge on any atom is 0.0968 e. The van der Waals surface area contributed by atoms with Gasteiger partial charge in [-0.15, -0.1) is 0 Å². The van der Waals surface area contributed by atoms with E-state index in [1.165, 1.54) is 0 Å². The number of aryl methyl sites for hydroxylation is 1. The van der Waals surface area contributed by atoms with Crippen molar-refractivity contribution in [1.82, 2.24) is 9.97 Å². The highest BCUT2D eigenvalue weighted by atomic mass is 15.1. The van der Waals surface area contributed by atoms with Crippen molar-refractivity contribution in [3.05, 3.63) is 139 Å². The molecule has 0 aliphatic heterocycles. The highest BCUT2D eigenvalue weighted by molar-refractivity contribution is 5.97. The van der Waals surface area contributed by atoms with Gasteiger partial charge in [-0.3, -0.25) is 4.99 Å². The van der Waals surface area contributed by atoms with Gasteiger partial charge in [0.1, 0.15) is 0 Å². The molecule has 0 saturated heterocycles. The minimum absolute atomic E-state index is 0.926. The second kappa shape index (κ2) is 13.1. The van der Waals surface area contributed by atoms with Gasteiger partial charge in [0.25, 0.3) is 0 Å². The molecular weight excluding hydrogens is 585 g/mol. The van der Waals surface area contributed by atoms with Gasteiger partial charge in [-0.2, -0.15) is 0 Å². The third-order valence-corrected chi connectivity index (χ3v) is 8.80. The van der Waals surface area contributed by atoms with Gasteiger partial charge in [0.15, 0.2) is 0 Å². The molecule has 234 valence electrons. The smallest absolute Gasteiger partial charge is 0.0968 e. The normalized spacial score (nSPS) is 11.7. The Morgan fingerprint density at radius 2 is 1.04 bits per heavy atom. The number of nitrogens with zero attached hydrogens (tertiary/aromatic N) is 4. The van der Waals surface area contributed by atoms with Crippen molar-refractivity contribution < 1.29 is 0 Å². The summed E-state index contributed by atoms with van der Waals surface area (Å²) in [5.41, 5.74) is 14.9. The molecule has 7 rings (SSSR count). The summed E-state index contributed by atoms with van der Waals surface area (Å²) >= 11 is 0. The lowest BCUT2D eigenvalue weighted by atomic mass is 9.96. The number of pyridine rings is 2. The molecule has 0 fully saturated rings. The minimum atomic E-state index is 0.926. The van der Waals surface area contributed by atoms with Crippen LogP contribution in [-0.4, -0.2) is 30.3 Å². The summed E-state index contributed by atoms with van der Waals surface area (Å²) in [7, 11) is 4.16. The average Bonchev–Trinajstić information content (AvgIpc) is 3.12. The van der Waals surface area contributed by atoms with Gasteiger partial charge in [0.2, 0.25) is 0 Å². The molecule has 2 aromatic heterocycles. The quantitative estimate of drug-likeness (QED) is 0.166. The molecule has 0 radical (unpaired) electrons. The molecule has 5 aromatic carbocycles. The maximum atomic E-state index is 5.20. The van der Waals surface area contributed by atoms with Crippen LogP contribution in [0.2, 0.25) is 0 Å². The van der Waals surface area contributed by atoms with Crippen molar-refractivity contribution >= 4 is 45.5 Å². The molecule has 0 aliphatic carbocycles. The van der Waals surface area contributed by atoms with Gasteiger partial charge in [-0.25, -0.2) is 9.97 Å². The number of fused-ring (bicyclic) bond motifs is 2. The third kappa shape index (κ3) is 5.89. The summed E-state index contributed by atoms with van der Waals surface area (Å²) in [6.45, 7) is 6.07. The number of anilines is 1. The molecule has 7 aromatic rings. The zero-order valence-electron chi connectivity index (χ0n) is 28.1. The van der Waals surface area contributed by atoms with E-state index < -0.39 is 0 Å². The summed E-state index contributed by atoms with van der Waals surface area (Å²) in [5.74, 6) is 0. The molecule has 2 heterocycles. The fourth-order valence-electron chi connectivity index (χ4n) is 6.46. The molecule has 0 saturated carbocycles. The van der Waals surface area contributed by atoms with Gasteiger partial charge >= 0.3 is 0 Å². The summed E-state index contributed by atoms with van der Waals surface area (Å²) in [4.78, 5) is 17.1. The van der Waals surface area contributed by atoms with Crippen LogP contribution >= 0.6 is 0 Å².